The highest BCUT2D eigenvalue weighted by Gasteiger charge is 2.22. The highest BCUT2D eigenvalue weighted by Crippen LogP contribution is 2.45. The van der Waals surface area contributed by atoms with Gasteiger partial charge in [-0.05, 0) is 71.3 Å². The molecule has 0 aliphatic rings. The van der Waals surface area contributed by atoms with Crippen LogP contribution in [0.15, 0.2) is 155 Å². The fourth-order valence-corrected chi connectivity index (χ4v) is 6.71. The highest BCUT2D eigenvalue weighted by atomic mass is 16.3. The number of imidazole rings is 1. The molecule has 0 bridgehead atoms. The molecule has 0 unspecified atom stereocenters. The molecule has 6 heteroatoms. The molecular weight excluding hydrogens is 580 g/mol. The molecule has 6 heterocycles. The maximum absolute atomic E-state index is 6.68. The Labute approximate surface area is 268 Å². The van der Waals surface area contributed by atoms with E-state index in [4.69, 9.17) is 13.8 Å². The SMILES string of the molecule is c1cncc(-c2ccc3oc4c(-c5ccc(-c6cn7ccccc7n6)cc5)c5oc6ccc(-c7cccnc7)cc6c5cc4c3c2)c1. The number of fused-ring (bicyclic) bond motifs is 7. The summed E-state index contributed by atoms with van der Waals surface area (Å²) in [5.41, 5.74) is 12.3. The van der Waals surface area contributed by atoms with E-state index >= 15 is 0 Å². The maximum atomic E-state index is 6.68. The lowest BCUT2D eigenvalue weighted by Gasteiger charge is -2.06. The second kappa shape index (κ2) is 9.99. The standard InChI is InChI=1S/C41H24N4O2/c1-2-18-45-24-35(44-38(45)7-1)25-8-10-26(11-9-25)39-40-33(31-19-27(12-14-36(31)46-40)29-5-3-16-42-22-29)21-34-32-20-28(30-6-4-17-43-23-30)13-15-37(32)47-41(34)39/h1-24H. The number of nitrogens with zero attached hydrogens (tertiary/aromatic N) is 4. The number of aromatic nitrogens is 4. The Balaban J connectivity index is 1.23. The summed E-state index contributed by atoms with van der Waals surface area (Å²) >= 11 is 0. The van der Waals surface area contributed by atoms with Gasteiger partial charge in [0.25, 0.3) is 0 Å². The number of rotatable bonds is 4. The summed E-state index contributed by atoms with van der Waals surface area (Å²) in [5.74, 6) is 0. The van der Waals surface area contributed by atoms with Crippen LogP contribution in [0.4, 0.5) is 0 Å². The molecule has 10 aromatic rings. The molecule has 0 aliphatic carbocycles. The minimum absolute atomic E-state index is 0.794. The molecule has 0 N–H and O–H groups in total. The van der Waals surface area contributed by atoms with Crippen LogP contribution in [-0.2, 0) is 0 Å². The largest absolute Gasteiger partial charge is 0.455 e. The van der Waals surface area contributed by atoms with E-state index < -0.39 is 0 Å². The predicted octanol–water partition coefficient (Wildman–Crippen LogP) is 10.6. The third-order valence-corrected chi connectivity index (χ3v) is 9.02. The van der Waals surface area contributed by atoms with Gasteiger partial charge >= 0.3 is 0 Å². The summed E-state index contributed by atoms with van der Waals surface area (Å²) < 4.78 is 15.4. The van der Waals surface area contributed by atoms with Gasteiger partial charge in [-0.3, -0.25) is 9.97 Å². The van der Waals surface area contributed by atoms with Gasteiger partial charge < -0.3 is 13.2 Å². The van der Waals surface area contributed by atoms with Gasteiger partial charge in [-0.2, -0.15) is 0 Å². The first-order chi connectivity index (χ1) is 23.3. The molecular formula is C41H24N4O2. The number of hydrogen-bond acceptors (Lipinski definition) is 5. The van der Waals surface area contributed by atoms with Crippen molar-refractivity contribution in [2.24, 2.45) is 0 Å². The summed E-state index contributed by atoms with van der Waals surface area (Å²) in [7, 11) is 0. The molecule has 47 heavy (non-hydrogen) atoms. The van der Waals surface area contributed by atoms with Crippen LogP contribution >= 0.6 is 0 Å². The minimum Gasteiger partial charge on any atom is -0.455 e. The van der Waals surface area contributed by atoms with E-state index in [-0.39, 0.29) is 0 Å². The lowest BCUT2D eigenvalue weighted by atomic mass is 9.96. The zero-order valence-electron chi connectivity index (χ0n) is 25.0. The number of hydrogen-bond donors (Lipinski definition) is 0. The van der Waals surface area contributed by atoms with E-state index in [9.17, 15) is 0 Å². The molecule has 220 valence electrons. The molecule has 0 atom stereocenters. The van der Waals surface area contributed by atoms with Crippen LogP contribution < -0.4 is 0 Å². The fraction of sp³-hybridized carbons (Fsp3) is 0. The minimum atomic E-state index is 0.794. The monoisotopic (exact) mass is 604 g/mol. The first kappa shape index (κ1) is 25.8. The predicted molar refractivity (Wildman–Crippen MR) is 187 cm³/mol. The van der Waals surface area contributed by atoms with Crippen LogP contribution in [0.2, 0.25) is 0 Å². The molecule has 0 fully saturated rings. The van der Waals surface area contributed by atoms with Crippen molar-refractivity contribution >= 4 is 49.5 Å². The average Bonchev–Trinajstić information content (AvgIpc) is 3.84. The van der Waals surface area contributed by atoms with Crippen molar-refractivity contribution in [1.29, 1.82) is 0 Å². The molecule has 0 saturated heterocycles. The van der Waals surface area contributed by atoms with Crippen molar-refractivity contribution in [3.8, 4) is 44.6 Å². The Hall–Kier alpha value is -6.53. The zero-order valence-corrected chi connectivity index (χ0v) is 25.0. The molecule has 4 aromatic carbocycles. The molecule has 0 spiro atoms. The third kappa shape index (κ3) is 4.09. The topological polar surface area (TPSA) is 69.4 Å². The van der Waals surface area contributed by atoms with E-state index in [2.05, 4.69) is 82.9 Å². The number of furan rings is 2. The molecule has 0 amide bonds. The third-order valence-electron chi connectivity index (χ3n) is 9.02. The Morgan fingerprint density at radius 3 is 1.66 bits per heavy atom. The first-order valence-corrected chi connectivity index (χ1v) is 15.5. The smallest absolute Gasteiger partial charge is 0.147 e. The van der Waals surface area contributed by atoms with Crippen LogP contribution in [-0.4, -0.2) is 19.4 Å². The summed E-state index contributed by atoms with van der Waals surface area (Å²) in [6, 6.07) is 37.5. The van der Waals surface area contributed by atoms with E-state index in [1.54, 1.807) is 12.4 Å². The number of benzene rings is 4. The van der Waals surface area contributed by atoms with Crippen molar-refractivity contribution in [2.75, 3.05) is 0 Å². The van der Waals surface area contributed by atoms with E-state index in [1.807, 2.05) is 65.5 Å². The summed E-state index contributed by atoms with van der Waals surface area (Å²) in [4.78, 5) is 13.5. The van der Waals surface area contributed by atoms with Crippen LogP contribution in [0, 0.1) is 0 Å². The zero-order chi connectivity index (χ0) is 30.9. The van der Waals surface area contributed by atoms with E-state index in [0.29, 0.717) is 0 Å². The van der Waals surface area contributed by atoms with Crippen LogP contribution in [0.1, 0.15) is 0 Å². The van der Waals surface area contributed by atoms with Crippen molar-refractivity contribution in [3.05, 3.63) is 146 Å². The molecule has 6 nitrogen and oxygen atoms in total. The van der Waals surface area contributed by atoms with Gasteiger partial charge in [-0.25, -0.2) is 4.98 Å². The Morgan fingerprint density at radius 2 is 1.09 bits per heavy atom. The lowest BCUT2D eigenvalue weighted by Crippen LogP contribution is -1.83. The van der Waals surface area contributed by atoms with Crippen LogP contribution in [0.5, 0.6) is 0 Å². The highest BCUT2D eigenvalue weighted by molar-refractivity contribution is 6.22. The number of pyridine rings is 3. The van der Waals surface area contributed by atoms with Crippen molar-refractivity contribution in [1.82, 2.24) is 19.4 Å². The Morgan fingerprint density at radius 1 is 0.489 bits per heavy atom. The Kier molecular flexibility index (Phi) is 5.48. The second-order valence-corrected chi connectivity index (χ2v) is 11.8. The molecule has 0 aliphatic heterocycles. The lowest BCUT2D eigenvalue weighted by molar-refractivity contribution is 0.658. The molecule has 6 aromatic heterocycles. The van der Waals surface area contributed by atoms with Gasteiger partial charge in [0.2, 0.25) is 0 Å². The maximum Gasteiger partial charge on any atom is 0.147 e. The summed E-state index contributed by atoms with van der Waals surface area (Å²) in [6.45, 7) is 0. The average molecular weight is 605 g/mol. The van der Waals surface area contributed by atoms with Crippen LogP contribution in [0.3, 0.4) is 0 Å². The van der Waals surface area contributed by atoms with Gasteiger partial charge in [-0.15, -0.1) is 0 Å². The van der Waals surface area contributed by atoms with Gasteiger partial charge in [0.15, 0.2) is 0 Å². The van der Waals surface area contributed by atoms with Gasteiger partial charge in [0.05, 0.1) is 11.3 Å². The first-order valence-electron chi connectivity index (χ1n) is 15.5. The van der Waals surface area contributed by atoms with E-state index in [0.717, 1.165) is 94.2 Å². The van der Waals surface area contributed by atoms with E-state index in [1.165, 1.54) is 0 Å². The second-order valence-electron chi connectivity index (χ2n) is 11.8. The fourth-order valence-electron chi connectivity index (χ4n) is 6.71. The quantitative estimate of drug-likeness (QED) is 0.200. The summed E-state index contributed by atoms with van der Waals surface area (Å²) in [6.07, 6.45) is 11.4. The van der Waals surface area contributed by atoms with Crippen molar-refractivity contribution in [3.63, 3.8) is 0 Å². The molecule has 0 radical (unpaired) electrons. The molecule has 10 rings (SSSR count). The van der Waals surface area contributed by atoms with Gasteiger partial charge in [-0.1, -0.05) is 54.6 Å². The van der Waals surface area contributed by atoms with Gasteiger partial charge in [0.1, 0.15) is 28.0 Å². The molecule has 0 saturated carbocycles. The van der Waals surface area contributed by atoms with Crippen LogP contribution in [0.25, 0.3) is 94.2 Å². The van der Waals surface area contributed by atoms with Crippen molar-refractivity contribution < 1.29 is 8.83 Å². The Bertz CT molecular complexity index is 2610. The van der Waals surface area contributed by atoms with Gasteiger partial charge in [0, 0.05) is 75.4 Å². The van der Waals surface area contributed by atoms with Crippen molar-refractivity contribution in [2.45, 2.75) is 0 Å². The normalized spacial score (nSPS) is 11.8. The summed E-state index contributed by atoms with van der Waals surface area (Å²) in [5, 5.41) is 4.16.